The second-order valence-corrected chi connectivity index (χ2v) is 5.77. The zero-order valence-corrected chi connectivity index (χ0v) is 12.8. The van der Waals surface area contributed by atoms with Crippen LogP contribution in [0.25, 0.3) is 11.3 Å². The van der Waals surface area contributed by atoms with Crippen molar-refractivity contribution in [3.8, 4) is 11.3 Å². The van der Waals surface area contributed by atoms with Crippen LogP contribution in [-0.2, 0) is 17.8 Å². The van der Waals surface area contributed by atoms with Crippen molar-refractivity contribution >= 4 is 5.97 Å². The topological polar surface area (TPSA) is 95.2 Å². The Bertz CT molecular complexity index is 856. The van der Waals surface area contributed by atoms with E-state index in [1.54, 1.807) is 6.33 Å². The van der Waals surface area contributed by atoms with Crippen LogP contribution in [0.1, 0.15) is 23.2 Å². The number of imidazole rings is 1. The molecule has 3 heterocycles. The molecule has 0 unspecified atom stereocenters. The molecule has 0 saturated carbocycles. The van der Waals surface area contributed by atoms with Crippen molar-refractivity contribution in [1.29, 1.82) is 0 Å². The minimum absolute atomic E-state index is 0.378. The number of hydrogen-bond acceptors (Lipinski definition) is 5. The minimum atomic E-state index is -0.911. The fourth-order valence-electron chi connectivity index (χ4n) is 3.10. The first-order valence-electron chi connectivity index (χ1n) is 7.72. The van der Waals surface area contributed by atoms with Crippen molar-refractivity contribution in [3.63, 3.8) is 0 Å². The summed E-state index contributed by atoms with van der Waals surface area (Å²) in [4.78, 5) is 20.7. The molecule has 0 amide bonds. The summed E-state index contributed by atoms with van der Waals surface area (Å²) >= 11 is 0. The van der Waals surface area contributed by atoms with Gasteiger partial charge in [0.15, 0.2) is 11.8 Å². The molecule has 0 bridgehead atoms. The van der Waals surface area contributed by atoms with Gasteiger partial charge in [-0.15, -0.1) is 0 Å². The molecule has 1 aromatic carbocycles. The summed E-state index contributed by atoms with van der Waals surface area (Å²) in [5.41, 5.74) is 3.18. The molecular weight excluding hydrogens is 308 g/mol. The maximum atomic E-state index is 11.7. The Kier molecular flexibility index (Phi) is 3.62. The van der Waals surface area contributed by atoms with E-state index < -0.39 is 12.0 Å². The highest BCUT2D eigenvalue weighted by molar-refractivity contribution is 5.75. The van der Waals surface area contributed by atoms with Crippen LogP contribution in [0.3, 0.4) is 0 Å². The van der Waals surface area contributed by atoms with E-state index in [-0.39, 0.29) is 0 Å². The highest BCUT2D eigenvalue weighted by atomic mass is 16.5. The molecule has 0 saturated heterocycles. The molecule has 0 aliphatic carbocycles. The van der Waals surface area contributed by atoms with Gasteiger partial charge in [0.1, 0.15) is 5.69 Å². The third kappa shape index (κ3) is 2.59. The number of aliphatic carboxylic acids is 1. The van der Waals surface area contributed by atoms with Gasteiger partial charge < -0.3 is 14.6 Å². The van der Waals surface area contributed by atoms with Crippen LogP contribution in [0, 0.1) is 0 Å². The number of aromatic amines is 1. The second-order valence-electron chi connectivity index (χ2n) is 5.77. The van der Waals surface area contributed by atoms with Gasteiger partial charge in [0.25, 0.3) is 0 Å². The molecule has 1 aliphatic rings. The van der Waals surface area contributed by atoms with Gasteiger partial charge in [-0.1, -0.05) is 35.5 Å². The summed E-state index contributed by atoms with van der Waals surface area (Å²) in [5, 5.41) is 13.7. The number of carboxylic acid groups (broad SMARTS) is 1. The number of hydrogen-bond donors (Lipinski definition) is 2. The molecular formula is C17H16N4O3. The van der Waals surface area contributed by atoms with E-state index in [4.69, 9.17) is 4.52 Å². The number of benzene rings is 1. The number of fused-ring (bicyclic) bond motifs is 1. The number of carbonyl (C=O) groups is 1. The number of nitrogens with zero attached hydrogens (tertiary/aromatic N) is 3. The van der Waals surface area contributed by atoms with Crippen molar-refractivity contribution in [2.24, 2.45) is 0 Å². The van der Waals surface area contributed by atoms with Gasteiger partial charge in [-0.25, -0.2) is 4.98 Å². The Labute approximate surface area is 137 Å². The van der Waals surface area contributed by atoms with Crippen LogP contribution in [0.15, 0.2) is 47.2 Å². The summed E-state index contributed by atoms with van der Waals surface area (Å²) in [5.74, 6) is -0.273. The van der Waals surface area contributed by atoms with Gasteiger partial charge in [0.05, 0.1) is 18.6 Å². The smallest absolute Gasteiger partial charge is 0.327 e. The second kappa shape index (κ2) is 5.93. The molecule has 1 aliphatic heterocycles. The summed E-state index contributed by atoms with van der Waals surface area (Å²) in [6.07, 6.45) is 2.28. The number of aromatic nitrogens is 3. The third-order valence-electron chi connectivity index (χ3n) is 4.25. The van der Waals surface area contributed by atoms with Crippen molar-refractivity contribution < 1.29 is 14.4 Å². The standard InChI is InChI=1S/C17H16N4O3/c22-17(23)16-15-13(18-10-19-15)6-7-21(16)9-12-8-14(20-24-12)11-4-2-1-3-5-11/h1-5,8,10,16H,6-7,9H2,(H,18,19)(H,22,23)/t16-/m0/s1. The SMILES string of the molecule is O=C(O)[C@@H]1c2nc[nH]c2CCN1Cc1cc(-c2ccccc2)no1. The Morgan fingerprint density at radius 2 is 2.21 bits per heavy atom. The van der Waals surface area contributed by atoms with Crippen molar-refractivity contribution in [2.75, 3.05) is 6.54 Å². The van der Waals surface area contributed by atoms with Gasteiger partial charge in [-0.2, -0.15) is 0 Å². The van der Waals surface area contributed by atoms with Crippen LogP contribution in [0.4, 0.5) is 0 Å². The van der Waals surface area contributed by atoms with Crippen LogP contribution < -0.4 is 0 Å². The molecule has 0 spiro atoms. The highest BCUT2D eigenvalue weighted by Crippen LogP contribution is 2.29. The predicted octanol–water partition coefficient (Wildman–Crippen LogP) is 2.25. The molecule has 0 radical (unpaired) electrons. The molecule has 2 aromatic heterocycles. The van der Waals surface area contributed by atoms with Crippen molar-refractivity contribution in [2.45, 2.75) is 19.0 Å². The summed E-state index contributed by atoms with van der Waals surface area (Å²) in [7, 11) is 0. The third-order valence-corrected chi connectivity index (χ3v) is 4.25. The molecule has 3 aromatic rings. The molecule has 2 N–H and O–H groups in total. The molecule has 1 atom stereocenters. The highest BCUT2D eigenvalue weighted by Gasteiger charge is 2.35. The molecule has 122 valence electrons. The lowest BCUT2D eigenvalue weighted by Gasteiger charge is -2.31. The lowest BCUT2D eigenvalue weighted by molar-refractivity contribution is -0.144. The van der Waals surface area contributed by atoms with Gasteiger partial charge >= 0.3 is 5.97 Å². The normalized spacial score (nSPS) is 17.6. The monoisotopic (exact) mass is 324 g/mol. The maximum absolute atomic E-state index is 11.7. The Morgan fingerprint density at radius 3 is 3.00 bits per heavy atom. The first-order chi connectivity index (χ1) is 11.7. The van der Waals surface area contributed by atoms with Crippen LogP contribution in [-0.4, -0.2) is 37.6 Å². The number of H-pyrrole nitrogens is 1. The number of carboxylic acids is 1. The van der Waals surface area contributed by atoms with Gasteiger partial charge in [0, 0.05) is 30.3 Å². The van der Waals surface area contributed by atoms with Crippen LogP contribution in [0.5, 0.6) is 0 Å². The predicted molar refractivity (Wildman–Crippen MR) is 85.0 cm³/mol. The fourth-order valence-corrected chi connectivity index (χ4v) is 3.10. The van der Waals surface area contributed by atoms with Gasteiger partial charge in [-0.05, 0) is 0 Å². The average molecular weight is 324 g/mol. The van der Waals surface area contributed by atoms with E-state index in [2.05, 4.69) is 15.1 Å². The first kappa shape index (κ1) is 14.6. The Morgan fingerprint density at radius 1 is 1.38 bits per heavy atom. The van der Waals surface area contributed by atoms with E-state index in [1.807, 2.05) is 41.3 Å². The van der Waals surface area contributed by atoms with Crippen LogP contribution in [0.2, 0.25) is 0 Å². The fraction of sp³-hybridized carbons (Fsp3) is 0.235. The Balaban J connectivity index is 1.57. The average Bonchev–Trinajstić information content (AvgIpc) is 3.24. The lowest BCUT2D eigenvalue weighted by Crippen LogP contribution is -2.39. The quantitative estimate of drug-likeness (QED) is 0.764. The summed E-state index contributed by atoms with van der Waals surface area (Å²) in [6.45, 7) is 0.997. The number of rotatable bonds is 4. The maximum Gasteiger partial charge on any atom is 0.327 e. The lowest BCUT2D eigenvalue weighted by atomic mass is 10.0. The zero-order valence-electron chi connectivity index (χ0n) is 12.8. The molecule has 4 rings (SSSR count). The zero-order chi connectivity index (χ0) is 16.5. The molecule has 0 fully saturated rings. The van der Waals surface area contributed by atoms with Crippen molar-refractivity contribution in [3.05, 3.63) is 59.9 Å². The molecule has 7 nitrogen and oxygen atoms in total. The first-order valence-corrected chi connectivity index (χ1v) is 7.72. The van der Waals surface area contributed by atoms with Gasteiger partial charge in [0.2, 0.25) is 0 Å². The minimum Gasteiger partial charge on any atom is -0.480 e. The van der Waals surface area contributed by atoms with Crippen molar-refractivity contribution in [1.82, 2.24) is 20.0 Å². The van der Waals surface area contributed by atoms with E-state index in [9.17, 15) is 9.90 Å². The molecule has 7 heteroatoms. The van der Waals surface area contributed by atoms with Crippen LogP contribution >= 0.6 is 0 Å². The van der Waals surface area contributed by atoms with E-state index >= 15 is 0 Å². The molecule has 24 heavy (non-hydrogen) atoms. The van der Waals surface area contributed by atoms with E-state index in [0.717, 1.165) is 23.4 Å². The summed E-state index contributed by atoms with van der Waals surface area (Å²) in [6, 6.07) is 10.8. The largest absolute Gasteiger partial charge is 0.480 e. The van der Waals surface area contributed by atoms with E-state index in [1.165, 1.54) is 0 Å². The Hall–Kier alpha value is -2.93. The van der Waals surface area contributed by atoms with E-state index in [0.29, 0.717) is 24.5 Å². The number of nitrogens with one attached hydrogen (secondary N) is 1. The van der Waals surface area contributed by atoms with Gasteiger partial charge in [-0.3, -0.25) is 9.69 Å². The summed E-state index contributed by atoms with van der Waals surface area (Å²) < 4.78 is 5.41.